The summed E-state index contributed by atoms with van der Waals surface area (Å²) in [5, 5.41) is 1.06. The van der Waals surface area contributed by atoms with E-state index in [0.717, 1.165) is 16.7 Å². The van der Waals surface area contributed by atoms with Crippen LogP contribution in [0.5, 0.6) is 5.75 Å². The zero-order chi connectivity index (χ0) is 13.0. The second-order valence-electron chi connectivity index (χ2n) is 4.29. The summed E-state index contributed by atoms with van der Waals surface area (Å²) >= 11 is 0. The van der Waals surface area contributed by atoms with E-state index < -0.39 is 0 Å². The van der Waals surface area contributed by atoms with Crippen molar-refractivity contribution >= 4 is 11.0 Å². The first-order chi connectivity index (χ1) is 8.72. The van der Waals surface area contributed by atoms with E-state index in [1.165, 1.54) is 5.57 Å². The van der Waals surface area contributed by atoms with Gasteiger partial charge in [-0.2, -0.15) is 0 Å². The summed E-state index contributed by atoms with van der Waals surface area (Å²) in [5.41, 5.74) is 1.99. The van der Waals surface area contributed by atoms with Gasteiger partial charge in [-0.05, 0) is 38.5 Å². The highest BCUT2D eigenvalue weighted by Gasteiger charge is 2.10. The van der Waals surface area contributed by atoms with Crippen molar-refractivity contribution in [1.29, 1.82) is 0 Å². The molecule has 0 unspecified atom stereocenters. The molecule has 2 rings (SSSR count). The maximum Gasteiger partial charge on any atom is 0.175 e. The molecule has 0 fully saturated rings. The van der Waals surface area contributed by atoms with E-state index >= 15 is 0 Å². The molecule has 0 saturated heterocycles. The van der Waals surface area contributed by atoms with Crippen LogP contribution in [0.2, 0.25) is 0 Å². The van der Waals surface area contributed by atoms with Crippen LogP contribution in [0.1, 0.15) is 20.8 Å². The van der Waals surface area contributed by atoms with Crippen LogP contribution in [-0.4, -0.2) is 6.10 Å². The minimum Gasteiger partial charge on any atom is -0.482 e. The zero-order valence-electron chi connectivity index (χ0n) is 11.0. The molecule has 2 nitrogen and oxygen atoms in total. The molecule has 1 aromatic heterocycles. The second kappa shape index (κ2) is 5.58. The smallest absolute Gasteiger partial charge is 0.175 e. The van der Waals surface area contributed by atoms with Crippen LogP contribution in [-0.2, 0) is 0 Å². The van der Waals surface area contributed by atoms with Gasteiger partial charge in [-0.25, -0.2) is 0 Å². The van der Waals surface area contributed by atoms with Crippen LogP contribution >= 0.6 is 0 Å². The first-order valence-electron chi connectivity index (χ1n) is 6.14. The Labute approximate surface area is 108 Å². The van der Waals surface area contributed by atoms with Gasteiger partial charge in [0.15, 0.2) is 11.3 Å². The first-order valence-corrected chi connectivity index (χ1v) is 6.14. The van der Waals surface area contributed by atoms with Gasteiger partial charge in [0.05, 0.1) is 6.26 Å². The van der Waals surface area contributed by atoms with Gasteiger partial charge in [0.1, 0.15) is 6.10 Å². The molecule has 0 radical (unpaired) electrons. The van der Waals surface area contributed by atoms with E-state index in [-0.39, 0.29) is 6.10 Å². The highest BCUT2D eigenvalue weighted by atomic mass is 16.5. The van der Waals surface area contributed by atoms with Crippen molar-refractivity contribution in [2.24, 2.45) is 0 Å². The molecule has 0 aliphatic carbocycles. The maximum absolute atomic E-state index is 5.95. The number of hydrogen-bond acceptors (Lipinski definition) is 2. The predicted octanol–water partition coefficient (Wildman–Crippen LogP) is 4.72. The highest BCUT2D eigenvalue weighted by molar-refractivity contribution is 5.82. The molecule has 0 saturated carbocycles. The van der Waals surface area contributed by atoms with E-state index in [4.69, 9.17) is 9.15 Å². The van der Waals surface area contributed by atoms with Crippen LogP contribution < -0.4 is 4.74 Å². The Kier molecular flexibility index (Phi) is 3.88. The molecule has 0 N–H and O–H groups in total. The molecule has 94 valence electrons. The van der Waals surface area contributed by atoms with E-state index in [1.54, 1.807) is 6.26 Å². The number of ether oxygens (including phenoxy) is 1. The fourth-order valence-corrected chi connectivity index (χ4v) is 1.73. The third kappa shape index (κ3) is 2.65. The van der Waals surface area contributed by atoms with Gasteiger partial charge in [0.25, 0.3) is 0 Å². The summed E-state index contributed by atoms with van der Waals surface area (Å²) in [6.07, 6.45) is 7.79. The Bertz CT molecular complexity index is 576. The molecular weight excluding hydrogens is 224 g/mol. The minimum absolute atomic E-state index is 0.0249. The summed E-state index contributed by atoms with van der Waals surface area (Å²) in [4.78, 5) is 0. The summed E-state index contributed by atoms with van der Waals surface area (Å²) < 4.78 is 11.4. The van der Waals surface area contributed by atoms with E-state index in [1.807, 2.05) is 50.3 Å². The summed E-state index contributed by atoms with van der Waals surface area (Å²) in [5.74, 6) is 0.790. The SMILES string of the molecule is C/C=C\C=C(/C)[C@H](C)Oc1cccc2ccoc12. The normalized spacial score (nSPS) is 14.3. The maximum atomic E-state index is 5.95. The number of fused-ring (bicyclic) bond motifs is 1. The molecule has 1 atom stereocenters. The van der Waals surface area contributed by atoms with Crippen molar-refractivity contribution in [2.75, 3.05) is 0 Å². The number of para-hydroxylation sites is 1. The summed E-state index contributed by atoms with van der Waals surface area (Å²) in [7, 11) is 0. The Morgan fingerprint density at radius 3 is 2.94 bits per heavy atom. The first kappa shape index (κ1) is 12.5. The van der Waals surface area contributed by atoms with Crippen molar-refractivity contribution < 1.29 is 9.15 Å². The second-order valence-corrected chi connectivity index (χ2v) is 4.29. The molecule has 0 bridgehead atoms. The number of hydrogen-bond donors (Lipinski definition) is 0. The average Bonchev–Trinajstić information content (AvgIpc) is 2.85. The van der Waals surface area contributed by atoms with Gasteiger partial charge < -0.3 is 9.15 Å². The standard InChI is InChI=1S/C16H18O2/c1-4-5-7-12(2)13(3)18-15-9-6-8-14-10-11-17-16(14)15/h4-11,13H,1-3H3/b5-4-,12-7+/t13-/m0/s1. The van der Waals surface area contributed by atoms with Gasteiger partial charge >= 0.3 is 0 Å². The fourth-order valence-electron chi connectivity index (χ4n) is 1.73. The van der Waals surface area contributed by atoms with Gasteiger partial charge in [-0.1, -0.05) is 30.4 Å². The highest BCUT2D eigenvalue weighted by Crippen LogP contribution is 2.27. The lowest BCUT2D eigenvalue weighted by molar-refractivity contribution is 0.257. The van der Waals surface area contributed by atoms with Gasteiger partial charge in [-0.3, -0.25) is 0 Å². The topological polar surface area (TPSA) is 22.4 Å². The molecule has 1 aromatic carbocycles. The molecule has 2 heteroatoms. The van der Waals surface area contributed by atoms with Gasteiger partial charge in [0.2, 0.25) is 0 Å². The Morgan fingerprint density at radius 1 is 1.33 bits per heavy atom. The van der Waals surface area contributed by atoms with Crippen molar-refractivity contribution in [1.82, 2.24) is 0 Å². The quantitative estimate of drug-likeness (QED) is 0.724. The minimum atomic E-state index is 0.0249. The fraction of sp³-hybridized carbons (Fsp3) is 0.250. The Hall–Kier alpha value is -1.96. The van der Waals surface area contributed by atoms with Crippen molar-refractivity contribution in [2.45, 2.75) is 26.9 Å². The lowest BCUT2D eigenvalue weighted by atomic mass is 10.1. The van der Waals surface area contributed by atoms with Gasteiger partial charge in [0, 0.05) is 5.39 Å². The summed E-state index contributed by atoms with van der Waals surface area (Å²) in [6, 6.07) is 7.87. The van der Waals surface area contributed by atoms with E-state index in [2.05, 4.69) is 13.0 Å². The van der Waals surface area contributed by atoms with Crippen LogP contribution in [0, 0.1) is 0 Å². The van der Waals surface area contributed by atoms with E-state index in [9.17, 15) is 0 Å². The molecule has 0 spiro atoms. The molecule has 1 heterocycles. The average molecular weight is 242 g/mol. The van der Waals surface area contributed by atoms with Crippen LogP contribution in [0.4, 0.5) is 0 Å². The molecule has 0 aliphatic rings. The molecule has 0 aliphatic heterocycles. The van der Waals surface area contributed by atoms with Crippen molar-refractivity contribution in [3.63, 3.8) is 0 Å². The molecule has 0 amide bonds. The molecular formula is C16H18O2. The molecule has 2 aromatic rings. The van der Waals surface area contributed by atoms with Gasteiger partial charge in [-0.15, -0.1) is 0 Å². The van der Waals surface area contributed by atoms with Crippen LogP contribution in [0.25, 0.3) is 11.0 Å². The lowest BCUT2D eigenvalue weighted by Gasteiger charge is -2.15. The van der Waals surface area contributed by atoms with E-state index in [0.29, 0.717) is 0 Å². The Balaban J connectivity index is 2.21. The van der Waals surface area contributed by atoms with Crippen molar-refractivity contribution in [3.8, 4) is 5.75 Å². The lowest BCUT2D eigenvalue weighted by Crippen LogP contribution is -2.13. The summed E-state index contributed by atoms with van der Waals surface area (Å²) in [6.45, 7) is 6.10. The number of rotatable bonds is 4. The van der Waals surface area contributed by atoms with Crippen LogP contribution in [0.15, 0.2) is 58.7 Å². The molecule has 18 heavy (non-hydrogen) atoms. The predicted molar refractivity (Wildman–Crippen MR) is 74.9 cm³/mol. The largest absolute Gasteiger partial charge is 0.482 e. The third-order valence-corrected chi connectivity index (χ3v) is 2.94. The zero-order valence-corrected chi connectivity index (χ0v) is 11.0. The Morgan fingerprint density at radius 2 is 2.17 bits per heavy atom. The van der Waals surface area contributed by atoms with Crippen LogP contribution in [0.3, 0.4) is 0 Å². The third-order valence-electron chi connectivity index (χ3n) is 2.94. The number of furan rings is 1. The number of benzene rings is 1. The number of allylic oxidation sites excluding steroid dienone is 3. The monoisotopic (exact) mass is 242 g/mol. The van der Waals surface area contributed by atoms with Crippen molar-refractivity contribution in [3.05, 3.63) is 54.3 Å².